The number of hydrogen-bond donors (Lipinski definition) is 0. The maximum absolute atomic E-state index is 11.4. The van der Waals surface area contributed by atoms with Crippen LogP contribution in [-0.2, 0) is 11.3 Å². The third-order valence-electron chi connectivity index (χ3n) is 3.99. The molecule has 0 unspecified atom stereocenters. The van der Waals surface area contributed by atoms with Gasteiger partial charge in [0.05, 0.1) is 6.54 Å². The summed E-state index contributed by atoms with van der Waals surface area (Å²) in [4.78, 5) is 24.8. The van der Waals surface area contributed by atoms with Crippen molar-refractivity contribution in [3.8, 4) is 11.8 Å². The van der Waals surface area contributed by atoms with Crippen molar-refractivity contribution in [2.24, 2.45) is 0 Å². The second-order valence-corrected chi connectivity index (χ2v) is 6.49. The van der Waals surface area contributed by atoms with E-state index in [2.05, 4.69) is 35.8 Å². The van der Waals surface area contributed by atoms with Gasteiger partial charge in [-0.25, -0.2) is 0 Å². The topological polar surface area (TPSA) is 37.4 Å². The number of carbonyl (C=O) groups excluding carboxylic acids is 2. The van der Waals surface area contributed by atoms with Crippen molar-refractivity contribution in [3.05, 3.63) is 70.8 Å². The number of rotatable bonds is 7. The van der Waals surface area contributed by atoms with Crippen molar-refractivity contribution >= 4 is 11.6 Å². The van der Waals surface area contributed by atoms with Crippen LogP contribution in [0.15, 0.2) is 48.5 Å². The van der Waals surface area contributed by atoms with Crippen molar-refractivity contribution < 1.29 is 9.59 Å². The lowest BCUT2D eigenvalue weighted by atomic mass is 10.1. The molecule has 0 saturated heterocycles. The molecule has 3 heteroatoms. The molecule has 3 nitrogen and oxygen atoms in total. The van der Waals surface area contributed by atoms with Crippen LogP contribution in [0.1, 0.15) is 54.2 Å². The Balaban J connectivity index is 2.03. The smallest absolute Gasteiger partial charge is 0.159 e. The molecular formula is C23H25NO2. The van der Waals surface area contributed by atoms with Gasteiger partial charge in [-0.15, -0.1) is 0 Å². The summed E-state index contributed by atoms with van der Waals surface area (Å²) in [6.07, 6.45) is 1.03. The average molecular weight is 347 g/mol. The minimum absolute atomic E-state index is 0.0574. The number of ketones is 2. The van der Waals surface area contributed by atoms with Gasteiger partial charge in [0.25, 0.3) is 0 Å². The first-order chi connectivity index (χ1) is 12.5. The second-order valence-electron chi connectivity index (χ2n) is 6.49. The van der Waals surface area contributed by atoms with E-state index in [1.807, 2.05) is 24.3 Å². The van der Waals surface area contributed by atoms with Gasteiger partial charge >= 0.3 is 0 Å². The van der Waals surface area contributed by atoms with Gasteiger partial charge in [0.15, 0.2) is 5.78 Å². The van der Waals surface area contributed by atoms with Crippen LogP contribution in [0.5, 0.6) is 0 Å². The summed E-state index contributed by atoms with van der Waals surface area (Å²) in [5.74, 6) is 6.51. The molecule has 0 saturated carbocycles. The van der Waals surface area contributed by atoms with Crippen molar-refractivity contribution in [2.75, 3.05) is 13.1 Å². The van der Waals surface area contributed by atoms with Crippen molar-refractivity contribution in [3.63, 3.8) is 0 Å². The molecule has 0 aliphatic heterocycles. The molecule has 0 amide bonds. The molecule has 0 bridgehead atoms. The van der Waals surface area contributed by atoms with E-state index in [-0.39, 0.29) is 11.6 Å². The molecule has 2 aromatic rings. The highest BCUT2D eigenvalue weighted by atomic mass is 16.1. The molecule has 0 aliphatic rings. The Morgan fingerprint density at radius 3 is 1.88 bits per heavy atom. The van der Waals surface area contributed by atoms with Crippen LogP contribution < -0.4 is 0 Å². The van der Waals surface area contributed by atoms with E-state index in [4.69, 9.17) is 0 Å². The number of nitrogens with zero attached hydrogens (tertiary/aromatic N) is 1. The van der Waals surface area contributed by atoms with E-state index in [9.17, 15) is 9.59 Å². The predicted molar refractivity (Wildman–Crippen MR) is 105 cm³/mol. The molecular weight excluding hydrogens is 322 g/mol. The lowest BCUT2D eigenvalue weighted by Crippen LogP contribution is -2.29. The molecule has 0 aromatic heterocycles. The van der Waals surface area contributed by atoms with Gasteiger partial charge in [-0.05, 0) is 56.6 Å². The van der Waals surface area contributed by atoms with Crippen LogP contribution in [0.3, 0.4) is 0 Å². The van der Waals surface area contributed by atoms with E-state index < -0.39 is 0 Å². The summed E-state index contributed by atoms with van der Waals surface area (Å²) in [7, 11) is 0. The Bertz CT molecular complexity index is 808. The maximum atomic E-state index is 11.4. The van der Waals surface area contributed by atoms with Crippen LogP contribution in [0.25, 0.3) is 0 Å². The molecule has 134 valence electrons. The summed E-state index contributed by atoms with van der Waals surface area (Å²) in [6, 6.07) is 15.5. The van der Waals surface area contributed by atoms with Crippen molar-refractivity contribution in [1.29, 1.82) is 0 Å². The number of Topliss-reactive ketones (excluding diaryl/α,β-unsaturated/α-hetero) is 2. The predicted octanol–water partition coefficient (Wildman–Crippen LogP) is 4.09. The third kappa shape index (κ3) is 6.31. The van der Waals surface area contributed by atoms with Crippen LogP contribution >= 0.6 is 0 Å². The lowest BCUT2D eigenvalue weighted by molar-refractivity contribution is -0.118. The minimum atomic E-state index is 0.0574. The van der Waals surface area contributed by atoms with Crippen LogP contribution in [-0.4, -0.2) is 29.6 Å². The van der Waals surface area contributed by atoms with Crippen molar-refractivity contribution in [2.45, 2.75) is 33.7 Å². The Hall–Kier alpha value is -2.70. The summed E-state index contributed by atoms with van der Waals surface area (Å²) in [6.45, 7) is 7.48. The SMILES string of the molecule is CCCN(CC(C)=O)Cc1ccc(C#Cc2ccc(C(C)=O)cc2)cc1. The first-order valence-corrected chi connectivity index (χ1v) is 8.91. The number of hydrogen-bond acceptors (Lipinski definition) is 3. The molecule has 2 rings (SSSR count). The monoisotopic (exact) mass is 347 g/mol. The van der Waals surface area contributed by atoms with Gasteiger partial charge in [0.2, 0.25) is 0 Å². The molecule has 0 radical (unpaired) electrons. The van der Waals surface area contributed by atoms with Crippen molar-refractivity contribution in [1.82, 2.24) is 4.90 Å². The average Bonchev–Trinajstić information content (AvgIpc) is 2.61. The molecule has 26 heavy (non-hydrogen) atoms. The maximum Gasteiger partial charge on any atom is 0.159 e. The highest BCUT2D eigenvalue weighted by Gasteiger charge is 2.07. The van der Waals surface area contributed by atoms with E-state index in [0.29, 0.717) is 12.1 Å². The molecule has 0 atom stereocenters. The number of benzene rings is 2. The minimum Gasteiger partial charge on any atom is -0.299 e. The Labute approximate surface area is 156 Å². The summed E-state index contributed by atoms with van der Waals surface area (Å²) in [5.41, 5.74) is 3.70. The highest BCUT2D eigenvalue weighted by Crippen LogP contribution is 2.09. The Morgan fingerprint density at radius 1 is 0.885 bits per heavy atom. The zero-order valence-electron chi connectivity index (χ0n) is 15.7. The Morgan fingerprint density at radius 2 is 1.42 bits per heavy atom. The molecule has 0 spiro atoms. The summed E-state index contributed by atoms with van der Waals surface area (Å²) in [5, 5.41) is 0. The molecule has 0 N–H and O–H groups in total. The van der Waals surface area contributed by atoms with Gasteiger partial charge in [-0.1, -0.05) is 43.0 Å². The fraction of sp³-hybridized carbons (Fsp3) is 0.304. The van der Waals surface area contributed by atoms with Crippen LogP contribution in [0.4, 0.5) is 0 Å². The lowest BCUT2D eigenvalue weighted by Gasteiger charge is -2.20. The molecule has 0 fully saturated rings. The second kappa shape index (κ2) is 9.70. The Kier molecular flexibility index (Phi) is 7.32. The van der Waals surface area contributed by atoms with E-state index in [1.54, 1.807) is 26.0 Å². The first kappa shape index (κ1) is 19.6. The normalized spacial score (nSPS) is 10.3. The molecule has 0 heterocycles. The molecule has 0 aliphatic carbocycles. The highest BCUT2D eigenvalue weighted by molar-refractivity contribution is 5.94. The van der Waals surface area contributed by atoms with Gasteiger partial charge in [-0.2, -0.15) is 0 Å². The summed E-state index contributed by atoms with van der Waals surface area (Å²) < 4.78 is 0. The standard InChI is InChI=1S/C23H25NO2/c1-4-15-24(16-18(2)25)17-22-9-7-20(8-10-22)5-6-21-11-13-23(14-12-21)19(3)26/h7-14H,4,15-17H2,1-3H3. The quantitative estimate of drug-likeness (QED) is 0.559. The van der Waals surface area contributed by atoms with Crippen LogP contribution in [0, 0.1) is 11.8 Å². The van der Waals surface area contributed by atoms with E-state index in [0.717, 1.165) is 30.6 Å². The fourth-order valence-corrected chi connectivity index (χ4v) is 2.73. The van der Waals surface area contributed by atoms with Gasteiger partial charge < -0.3 is 0 Å². The number of carbonyl (C=O) groups is 2. The third-order valence-corrected chi connectivity index (χ3v) is 3.99. The molecule has 2 aromatic carbocycles. The fourth-order valence-electron chi connectivity index (χ4n) is 2.73. The van der Waals surface area contributed by atoms with Gasteiger partial charge in [0, 0.05) is 23.2 Å². The van der Waals surface area contributed by atoms with E-state index >= 15 is 0 Å². The van der Waals surface area contributed by atoms with E-state index in [1.165, 1.54) is 5.56 Å². The van der Waals surface area contributed by atoms with Crippen LogP contribution in [0.2, 0.25) is 0 Å². The largest absolute Gasteiger partial charge is 0.299 e. The van der Waals surface area contributed by atoms with Gasteiger partial charge in [-0.3, -0.25) is 14.5 Å². The summed E-state index contributed by atoms with van der Waals surface area (Å²) >= 11 is 0. The zero-order chi connectivity index (χ0) is 18.9. The zero-order valence-corrected chi connectivity index (χ0v) is 15.7. The van der Waals surface area contributed by atoms with Gasteiger partial charge in [0.1, 0.15) is 5.78 Å². The first-order valence-electron chi connectivity index (χ1n) is 8.91.